The molecule has 3 aromatic rings. The molecule has 1 unspecified atom stereocenters. The quantitative estimate of drug-likeness (QED) is 0.418. The standard InChI is InChI=1S/C27H28F3N5O/c1-17-15-35(16-32-17)24-11-10-22(13-25(24)36-3)33-18(2)34-26-20(14-31)7-5-9-23(26)19-6-4-8-21(12-19)27(28,29)30/h4,6,8,10-16,23,33H,2,5,7,9,31H2,1,3H3/b20-14-,34-26+. The van der Waals surface area contributed by atoms with E-state index in [4.69, 9.17) is 15.5 Å². The number of allylic oxidation sites excluding steroid dienone is 1. The van der Waals surface area contributed by atoms with Gasteiger partial charge in [0.05, 0.1) is 36.1 Å². The van der Waals surface area contributed by atoms with Crippen molar-refractivity contribution in [1.29, 1.82) is 0 Å². The molecule has 188 valence electrons. The third-order valence-electron chi connectivity index (χ3n) is 6.13. The Kier molecular flexibility index (Phi) is 7.19. The Morgan fingerprint density at radius 2 is 2.08 bits per heavy atom. The van der Waals surface area contributed by atoms with Gasteiger partial charge in [-0.05, 0) is 61.7 Å². The van der Waals surface area contributed by atoms with Crippen LogP contribution in [0.2, 0.25) is 0 Å². The van der Waals surface area contributed by atoms with Crippen molar-refractivity contribution in [1.82, 2.24) is 9.55 Å². The number of alkyl halides is 3. The molecular formula is C27H28F3N5O. The molecule has 1 atom stereocenters. The van der Waals surface area contributed by atoms with Crippen molar-refractivity contribution in [3.05, 3.63) is 96.0 Å². The van der Waals surface area contributed by atoms with Gasteiger partial charge in [0, 0.05) is 23.9 Å². The van der Waals surface area contributed by atoms with Crippen molar-refractivity contribution in [2.24, 2.45) is 10.7 Å². The minimum atomic E-state index is -4.42. The van der Waals surface area contributed by atoms with Gasteiger partial charge in [0.25, 0.3) is 0 Å². The summed E-state index contributed by atoms with van der Waals surface area (Å²) in [5.41, 5.74) is 9.58. The second kappa shape index (κ2) is 10.3. The molecule has 4 rings (SSSR count). The minimum Gasteiger partial charge on any atom is -0.494 e. The number of nitrogens with one attached hydrogen (secondary N) is 1. The van der Waals surface area contributed by atoms with Crippen molar-refractivity contribution in [2.75, 3.05) is 12.4 Å². The molecule has 0 aliphatic heterocycles. The van der Waals surface area contributed by atoms with Crippen LogP contribution >= 0.6 is 0 Å². The maximum atomic E-state index is 13.3. The number of aromatic nitrogens is 2. The first kappa shape index (κ1) is 25.1. The van der Waals surface area contributed by atoms with Crippen LogP contribution in [0.25, 0.3) is 5.69 Å². The van der Waals surface area contributed by atoms with Crippen LogP contribution in [-0.2, 0) is 6.18 Å². The van der Waals surface area contributed by atoms with Crippen LogP contribution in [0.1, 0.15) is 42.0 Å². The van der Waals surface area contributed by atoms with Gasteiger partial charge in [0.15, 0.2) is 0 Å². The van der Waals surface area contributed by atoms with Crippen LogP contribution in [-0.4, -0.2) is 22.4 Å². The average Bonchev–Trinajstić information content (AvgIpc) is 3.29. The maximum Gasteiger partial charge on any atom is 0.416 e. The van der Waals surface area contributed by atoms with E-state index in [1.807, 2.05) is 35.9 Å². The van der Waals surface area contributed by atoms with Crippen LogP contribution in [0.3, 0.4) is 0 Å². The van der Waals surface area contributed by atoms with E-state index in [2.05, 4.69) is 16.9 Å². The first-order valence-corrected chi connectivity index (χ1v) is 11.5. The number of nitrogens with two attached hydrogens (primary N) is 1. The molecule has 0 saturated heterocycles. The lowest BCUT2D eigenvalue weighted by atomic mass is 9.79. The van der Waals surface area contributed by atoms with Crippen molar-refractivity contribution in [2.45, 2.75) is 38.3 Å². The zero-order valence-corrected chi connectivity index (χ0v) is 20.1. The fourth-order valence-corrected chi connectivity index (χ4v) is 4.42. The summed E-state index contributed by atoms with van der Waals surface area (Å²) in [4.78, 5) is 8.95. The van der Waals surface area contributed by atoms with Crippen molar-refractivity contribution < 1.29 is 17.9 Å². The second-order valence-electron chi connectivity index (χ2n) is 8.64. The molecule has 1 heterocycles. The van der Waals surface area contributed by atoms with Gasteiger partial charge in [-0.2, -0.15) is 13.2 Å². The zero-order valence-electron chi connectivity index (χ0n) is 20.1. The monoisotopic (exact) mass is 495 g/mol. The fourth-order valence-electron chi connectivity index (χ4n) is 4.42. The predicted octanol–water partition coefficient (Wildman–Crippen LogP) is 6.34. The highest BCUT2D eigenvalue weighted by Crippen LogP contribution is 2.37. The maximum absolute atomic E-state index is 13.3. The third-order valence-corrected chi connectivity index (χ3v) is 6.13. The van der Waals surface area contributed by atoms with Gasteiger partial charge in [0.1, 0.15) is 11.6 Å². The number of halogens is 3. The summed E-state index contributed by atoms with van der Waals surface area (Å²) in [7, 11) is 1.58. The Bertz CT molecular complexity index is 1320. The second-order valence-corrected chi connectivity index (χ2v) is 8.64. The minimum absolute atomic E-state index is 0.323. The smallest absolute Gasteiger partial charge is 0.416 e. The highest BCUT2D eigenvalue weighted by atomic mass is 19.4. The first-order valence-electron chi connectivity index (χ1n) is 11.5. The summed E-state index contributed by atoms with van der Waals surface area (Å²) in [6, 6.07) is 11.0. The van der Waals surface area contributed by atoms with E-state index in [0.29, 0.717) is 41.4 Å². The van der Waals surface area contributed by atoms with Crippen LogP contribution in [0.4, 0.5) is 18.9 Å². The van der Waals surface area contributed by atoms with Crippen LogP contribution in [0.5, 0.6) is 5.75 Å². The predicted molar refractivity (Wildman–Crippen MR) is 135 cm³/mol. The first-order chi connectivity index (χ1) is 17.2. The molecule has 1 aliphatic rings. The summed E-state index contributed by atoms with van der Waals surface area (Å²) < 4.78 is 47.4. The molecular weight excluding hydrogens is 467 g/mol. The van der Waals surface area contributed by atoms with Gasteiger partial charge in [-0.15, -0.1) is 0 Å². The van der Waals surface area contributed by atoms with Crippen LogP contribution in [0.15, 0.2) is 84.2 Å². The third kappa shape index (κ3) is 5.45. The lowest BCUT2D eigenvalue weighted by Gasteiger charge is -2.27. The SMILES string of the molecule is C=C(/N=C1\C(=C/N)CCCC1c1cccc(C(F)(F)F)c1)Nc1ccc(-n2cnc(C)c2)c(OC)c1. The number of anilines is 1. The number of benzene rings is 2. The number of methoxy groups -OCH3 is 1. The highest BCUT2D eigenvalue weighted by molar-refractivity contribution is 6.06. The van der Waals surface area contributed by atoms with E-state index in [9.17, 15) is 13.2 Å². The van der Waals surface area contributed by atoms with Gasteiger partial charge >= 0.3 is 6.18 Å². The fraction of sp³-hybridized carbons (Fsp3) is 0.259. The number of imidazole rings is 1. The van der Waals surface area contributed by atoms with Crippen molar-refractivity contribution in [3.63, 3.8) is 0 Å². The molecule has 3 N–H and O–H groups in total. The van der Waals surface area contributed by atoms with Gasteiger partial charge in [-0.25, -0.2) is 9.98 Å². The van der Waals surface area contributed by atoms with Gasteiger partial charge < -0.3 is 20.4 Å². The molecule has 0 radical (unpaired) electrons. The summed E-state index contributed by atoms with van der Waals surface area (Å²) in [5, 5.41) is 3.17. The number of aryl methyl sites for hydroxylation is 1. The van der Waals surface area contributed by atoms with Gasteiger partial charge in [-0.3, -0.25) is 0 Å². The van der Waals surface area contributed by atoms with E-state index >= 15 is 0 Å². The lowest BCUT2D eigenvalue weighted by molar-refractivity contribution is -0.137. The summed E-state index contributed by atoms with van der Waals surface area (Å²) in [6.07, 6.45) is 2.84. The normalized spacial score (nSPS) is 18.4. The molecule has 1 aliphatic carbocycles. The molecule has 1 fully saturated rings. The Hall–Kier alpha value is -4.01. The van der Waals surface area contributed by atoms with Crippen molar-refractivity contribution >= 4 is 11.4 Å². The number of rotatable bonds is 6. The van der Waals surface area contributed by atoms with Gasteiger partial charge in [-0.1, -0.05) is 24.8 Å². The largest absolute Gasteiger partial charge is 0.494 e. The molecule has 36 heavy (non-hydrogen) atoms. The van der Waals surface area contributed by atoms with Crippen molar-refractivity contribution in [3.8, 4) is 11.4 Å². The Labute approximate surface area is 208 Å². The van der Waals surface area contributed by atoms with Crippen LogP contribution < -0.4 is 15.8 Å². The van der Waals surface area contributed by atoms with E-state index in [-0.39, 0.29) is 5.92 Å². The Balaban J connectivity index is 1.62. The van der Waals surface area contributed by atoms with E-state index in [1.165, 1.54) is 18.3 Å². The number of aliphatic imine (C=N–C) groups is 1. The molecule has 0 amide bonds. The number of hydrogen-bond acceptors (Lipinski definition) is 5. The topological polar surface area (TPSA) is 77.5 Å². The zero-order chi connectivity index (χ0) is 25.9. The number of ether oxygens (including phenoxy) is 1. The molecule has 9 heteroatoms. The lowest BCUT2D eigenvalue weighted by Crippen LogP contribution is -2.22. The molecule has 6 nitrogen and oxygen atoms in total. The van der Waals surface area contributed by atoms with Crippen LogP contribution in [0, 0.1) is 6.92 Å². The molecule has 0 spiro atoms. The van der Waals surface area contributed by atoms with Gasteiger partial charge in [0.2, 0.25) is 0 Å². The Morgan fingerprint density at radius 1 is 1.28 bits per heavy atom. The molecule has 0 bridgehead atoms. The molecule has 1 saturated carbocycles. The average molecular weight is 496 g/mol. The van der Waals surface area contributed by atoms with E-state index in [0.717, 1.165) is 29.4 Å². The molecule has 1 aromatic heterocycles. The summed E-state index contributed by atoms with van der Waals surface area (Å²) in [6.45, 7) is 5.94. The van der Waals surface area contributed by atoms with E-state index in [1.54, 1.807) is 19.5 Å². The van der Waals surface area contributed by atoms with E-state index < -0.39 is 11.7 Å². The number of hydrogen-bond donors (Lipinski definition) is 2. The number of nitrogens with zero attached hydrogens (tertiary/aromatic N) is 3. The molecule has 2 aromatic carbocycles. The Morgan fingerprint density at radius 3 is 2.75 bits per heavy atom. The highest BCUT2D eigenvalue weighted by Gasteiger charge is 2.32. The summed E-state index contributed by atoms with van der Waals surface area (Å²) >= 11 is 0. The summed E-state index contributed by atoms with van der Waals surface area (Å²) in [5.74, 6) is 0.646.